The molecule has 41 heavy (non-hydrogen) atoms. The highest BCUT2D eigenvalue weighted by atomic mass is 32.2. The molecule has 0 aliphatic carbocycles. The number of nitrogens with zero attached hydrogens (tertiary/aromatic N) is 1. The number of sulfone groups is 1. The number of benzene rings is 3. The summed E-state index contributed by atoms with van der Waals surface area (Å²) in [5.74, 6) is 1.84. The monoisotopic (exact) mass is 587 g/mol. The van der Waals surface area contributed by atoms with Crippen molar-refractivity contribution in [2.45, 2.75) is 49.7 Å². The Balaban J connectivity index is 1.48. The molecule has 1 N–H and O–H groups in total. The third-order valence-corrected chi connectivity index (χ3v) is 9.27. The summed E-state index contributed by atoms with van der Waals surface area (Å²) in [4.78, 5) is 1.56. The zero-order valence-electron chi connectivity index (χ0n) is 23.0. The number of hydrogen-bond acceptors (Lipinski definition) is 6. The number of rotatable bonds is 7. The van der Waals surface area contributed by atoms with Crippen LogP contribution in [-0.2, 0) is 9.84 Å². The van der Waals surface area contributed by atoms with E-state index in [1.165, 1.54) is 24.6 Å². The van der Waals surface area contributed by atoms with Gasteiger partial charge in [-0.1, -0.05) is 31.2 Å². The van der Waals surface area contributed by atoms with Crippen molar-refractivity contribution in [1.82, 2.24) is 4.90 Å². The second-order valence-corrected chi connectivity index (χ2v) is 12.8. The number of halogens is 3. The van der Waals surface area contributed by atoms with E-state index in [4.69, 9.17) is 9.47 Å². The van der Waals surface area contributed by atoms with Crippen molar-refractivity contribution in [2.75, 3.05) is 19.7 Å². The number of likely N-dealkylation sites (tertiary alicyclic amines) is 1. The number of aromatic hydroxyl groups is 1. The van der Waals surface area contributed by atoms with E-state index in [2.05, 4.69) is 18.7 Å². The predicted octanol–water partition coefficient (Wildman–Crippen LogP) is 6.86. The van der Waals surface area contributed by atoms with Crippen LogP contribution in [0.1, 0.15) is 50.0 Å². The smallest absolute Gasteiger partial charge is 0.501 e. The minimum Gasteiger partial charge on any atom is -0.508 e. The molecule has 0 saturated carbocycles. The van der Waals surface area contributed by atoms with Gasteiger partial charge < -0.3 is 14.6 Å². The Hall–Kier alpha value is -3.50. The van der Waals surface area contributed by atoms with E-state index in [9.17, 15) is 26.7 Å². The Morgan fingerprint density at radius 3 is 2.49 bits per heavy atom. The molecule has 10 heteroatoms. The van der Waals surface area contributed by atoms with Crippen molar-refractivity contribution >= 4 is 21.0 Å². The van der Waals surface area contributed by atoms with Gasteiger partial charge in [-0.25, -0.2) is 8.42 Å². The predicted molar refractivity (Wildman–Crippen MR) is 150 cm³/mol. The summed E-state index contributed by atoms with van der Waals surface area (Å²) < 4.78 is 76.8. The zero-order chi connectivity index (χ0) is 29.5. The van der Waals surface area contributed by atoms with Gasteiger partial charge in [0.25, 0.3) is 9.84 Å². The summed E-state index contributed by atoms with van der Waals surface area (Å²) in [7, 11) is -5.56. The maximum absolute atomic E-state index is 13.3. The Kier molecular flexibility index (Phi) is 7.82. The lowest BCUT2D eigenvalue weighted by Crippen LogP contribution is -2.35. The Morgan fingerprint density at radius 1 is 1.10 bits per heavy atom. The zero-order valence-corrected chi connectivity index (χ0v) is 23.8. The molecule has 1 unspecified atom stereocenters. The molecule has 3 aromatic rings. The van der Waals surface area contributed by atoms with Gasteiger partial charge in [-0.05, 0) is 91.9 Å². The van der Waals surface area contributed by atoms with Gasteiger partial charge in [-0.3, -0.25) is 4.90 Å². The van der Waals surface area contributed by atoms with E-state index >= 15 is 0 Å². The van der Waals surface area contributed by atoms with Crippen molar-refractivity contribution < 1.29 is 36.2 Å². The Bertz CT molecular complexity index is 1570. The highest BCUT2D eigenvalue weighted by Crippen LogP contribution is 2.48. The average molecular weight is 588 g/mol. The van der Waals surface area contributed by atoms with Gasteiger partial charge in [0.1, 0.15) is 30.0 Å². The van der Waals surface area contributed by atoms with Crippen LogP contribution in [0, 0.1) is 5.92 Å². The van der Waals surface area contributed by atoms with Crippen LogP contribution in [0.5, 0.6) is 17.2 Å². The molecule has 6 nitrogen and oxygen atoms in total. The van der Waals surface area contributed by atoms with Gasteiger partial charge >= 0.3 is 5.51 Å². The molecule has 218 valence electrons. The Labute approximate surface area is 237 Å². The van der Waals surface area contributed by atoms with Gasteiger partial charge in [-0.15, -0.1) is 0 Å². The maximum Gasteiger partial charge on any atom is 0.501 e. The second-order valence-electron chi connectivity index (χ2n) is 10.8. The number of fused-ring (bicyclic) bond motifs is 1. The fraction of sp³-hybridized carbons (Fsp3) is 0.355. The summed E-state index contributed by atoms with van der Waals surface area (Å²) in [5.41, 5.74) is -2.77. The summed E-state index contributed by atoms with van der Waals surface area (Å²) >= 11 is 0. The number of phenols is 1. The molecular weight excluding hydrogens is 555 g/mol. The lowest BCUT2D eigenvalue weighted by molar-refractivity contribution is -0.0436. The standard InChI is InChI=1S/C31H32F3NO5S/c1-19-13-14-35(17-19)20(2)18-39-25-10-7-22(8-11-25)30-29(21(3)27-16-24(36)9-12-28(27)40-30)23-5-4-6-26(15-23)41(37,38)31(32,33)34/h4-12,15-16,19-20,30,36H,13-14,17-18H2,1-3H3/t19-,20+,30?/m1/s1. The van der Waals surface area contributed by atoms with Crippen LogP contribution in [0.4, 0.5) is 13.2 Å². The normalized spacial score (nSPS) is 20.4. The van der Waals surface area contributed by atoms with Gasteiger partial charge in [0.15, 0.2) is 0 Å². The van der Waals surface area contributed by atoms with E-state index < -0.39 is 26.3 Å². The first-order valence-electron chi connectivity index (χ1n) is 13.4. The van der Waals surface area contributed by atoms with E-state index in [0.29, 0.717) is 46.3 Å². The molecule has 3 atom stereocenters. The minimum atomic E-state index is -5.56. The van der Waals surface area contributed by atoms with Gasteiger partial charge in [0.05, 0.1) is 4.90 Å². The molecule has 3 aromatic carbocycles. The molecule has 0 aromatic heterocycles. The lowest BCUT2D eigenvalue weighted by Gasteiger charge is -2.31. The van der Waals surface area contributed by atoms with Crippen LogP contribution in [-0.4, -0.2) is 49.7 Å². The van der Waals surface area contributed by atoms with E-state index in [-0.39, 0.29) is 17.4 Å². The fourth-order valence-electron chi connectivity index (χ4n) is 5.44. The summed E-state index contributed by atoms with van der Waals surface area (Å²) in [6.45, 7) is 8.81. The largest absolute Gasteiger partial charge is 0.508 e. The highest BCUT2D eigenvalue weighted by Gasteiger charge is 2.47. The number of phenolic OH excluding ortho intramolecular Hbond substituents is 1. The van der Waals surface area contributed by atoms with E-state index in [1.54, 1.807) is 19.1 Å². The molecule has 1 fully saturated rings. The molecule has 2 aliphatic rings. The molecule has 0 bridgehead atoms. The van der Waals surface area contributed by atoms with Gasteiger partial charge in [0.2, 0.25) is 0 Å². The van der Waals surface area contributed by atoms with Crippen molar-refractivity contribution in [1.29, 1.82) is 0 Å². The van der Waals surface area contributed by atoms with Gasteiger partial charge in [0, 0.05) is 23.7 Å². The number of hydrogen-bond donors (Lipinski definition) is 1. The third kappa shape index (κ3) is 5.81. The summed E-state index contributed by atoms with van der Waals surface area (Å²) in [6, 6.07) is 17.0. The quantitative estimate of drug-likeness (QED) is 0.326. The highest BCUT2D eigenvalue weighted by molar-refractivity contribution is 7.92. The molecule has 5 rings (SSSR count). The Morgan fingerprint density at radius 2 is 1.83 bits per heavy atom. The van der Waals surface area contributed by atoms with Crippen LogP contribution in [0.3, 0.4) is 0 Å². The summed E-state index contributed by atoms with van der Waals surface area (Å²) in [6.07, 6.45) is 0.429. The third-order valence-electron chi connectivity index (χ3n) is 7.79. The fourth-order valence-corrected chi connectivity index (χ4v) is 6.25. The lowest BCUT2D eigenvalue weighted by atomic mass is 9.86. The maximum atomic E-state index is 13.3. The number of alkyl halides is 3. The van der Waals surface area contributed by atoms with Crippen LogP contribution in [0.2, 0.25) is 0 Å². The molecular formula is C31H32F3NO5S. The topological polar surface area (TPSA) is 76.1 Å². The average Bonchev–Trinajstić information content (AvgIpc) is 3.38. The van der Waals surface area contributed by atoms with Crippen LogP contribution in [0.25, 0.3) is 11.1 Å². The molecule has 0 radical (unpaired) electrons. The first-order chi connectivity index (χ1) is 19.3. The minimum absolute atomic E-state index is 0.00276. The summed E-state index contributed by atoms with van der Waals surface area (Å²) in [5, 5.41) is 10.1. The first kappa shape index (κ1) is 29.0. The molecule has 1 saturated heterocycles. The SMILES string of the molecule is CC1=C(c2cccc(S(=O)(=O)C(F)(F)F)c2)C(c2ccc(OC[C@H](C)N3CC[C@@H](C)C3)cc2)Oc2ccc(O)cc21. The van der Waals surface area contributed by atoms with Crippen molar-refractivity contribution in [3.63, 3.8) is 0 Å². The van der Waals surface area contributed by atoms with E-state index in [0.717, 1.165) is 25.2 Å². The van der Waals surface area contributed by atoms with Crippen LogP contribution in [0.15, 0.2) is 71.6 Å². The molecule has 2 aliphatic heterocycles. The second kappa shape index (κ2) is 11.1. The van der Waals surface area contributed by atoms with Crippen LogP contribution < -0.4 is 9.47 Å². The van der Waals surface area contributed by atoms with Gasteiger partial charge in [-0.2, -0.15) is 13.2 Å². The molecule has 0 spiro atoms. The number of ether oxygens (including phenoxy) is 2. The van der Waals surface area contributed by atoms with E-state index in [1.807, 2.05) is 24.3 Å². The van der Waals surface area contributed by atoms with Crippen molar-refractivity contribution in [3.8, 4) is 17.2 Å². The molecule has 0 amide bonds. The molecule has 2 heterocycles. The van der Waals surface area contributed by atoms with Crippen molar-refractivity contribution in [3.05, 3.63) is 83.4 Å². The first-order valence-corrected chi connectivity index (χ1v) is 14.9. The van der Waals surface area contributed by atoms with Crippen LogP contribution >= 0.6 is 0 Å². The van der Waals surface area contributed by atoms with Crippen molar-refractivity contribution in [2.24, 2.45) is 5.92 Å². The number of allylic oxidation sites excluding steroid dienone is 1.